The number of hydrogen-bond acceptors (Lipinski definition) is 2. The first-order valence-electron chi connectivity index (χ1n) is 7.22. The molecule has 3 heteroatoms. The molecule has 1 unspecified atom stereocenters. The minimum absolute atomic E-state index is 0.433. The average Bonchev–Trinajstić information content (AvgIpc) is 2.79. The highest BCUT2D eigenvalue weighted by Gasteiger charge is 2.06. The van der Waals surface area contributed by atoms with Crippen molar-refractivity contribution in [3.05, 3.63) is 21.3 Å². The molecule has 1 nitrogen and oxygen atoms in total. The Labute approximate surface area is 121 Å². The second kappa shape index (κ2) is 9.82. The van der Waals surface area contributed by atoms with Gasteiger partial charge < -0.3 is 5.32 Å². The summed E-state index contributed by atoms with van der Waals surface area (Å²) in [7, 11) is 0. The predicted molar refractivity (Wildman–Crippen MR) is 83.7 cm³/mol. The van der Waals surface area contributed by atoms with Gasteiger partial charge in [-0.05, 0) is 32.0 Å². The number of nitrogens with one attached hydrogen (secondary N) is 1. The topological polar surface area (TPSA) is 12.0 Å². The van der Waals surface area contributed by atoms with E-state index in [4.69, 9.17) is 11.6 Å². The normalized spacial score (nSPS) is 12.8. The van der Waals surface area contributed by atoms with Crippen molar-refractivity contribution in [3.63, 3.8) is 0 Å². The molecule has 1 aromatic rings. The third kappa shape index (κ3) is 6.77. The number of rotatable bonds is 10. The van der Waals surface area contributed by atoms with Gasteiger partial charge in [-0.15, -0.1) is 11.3 Å². The highest BCUT2D eigenvalue weighted by atomic mass is 35.5. The summed E-state index contributed by atoms with van der Waals surface area (Å²) in [4.78, 5) is 1.34. The van der Waals surface area contributed by atoms with Crippen LogP contribution in [0.5, 0.6) is 0 Å². The molecule has 1 atom stereocenters. The molecule has 1 N–H and O–H groups in total. The van der Waals surface area contributed by atoms with Gasteiger partial charge in [-0.25, -0.2) is 0 Å². The minimum Gasteiger partial charge on any atom is -0.309 e. The van der Waals surface area contributed by atoms with E-state index in [1.165, 1.54) is 49.8 Å². The molecule has 0 saturated heterocycles. The van der Waals surface area contributed by atoms with E-state index in [-0.39, 0.29) is 0 Å². The van der Waals surface area contributed by atoms with Gasteiger partial charge >= 0.3 is 0 Å². The molecule has 0 aromatic carbocycles. The lowest BCUT2D eigenvalue weighted by Gasteiger charge is -2.11. The quantitative estimate of drug-likeness (QED) is 0.536. The molecule has 0 aliphatic heterocycles. The van der Waals surface area contributed by atoms with Crippen LogP contribution in [-0.2, 0) is 0 Å². The Morgan fingerprint density at radius 1 is 1.11 bits per heavy atom. The van der Waals surface area contributed by atoms with Gasteiger partial charge in [-0.2, -0.15) is 0 Å². The van der Waals surface area contributed by atoms with E-state index in [0.717, 1.165) is 10.9 Å². The van der Waals surface area contributed by atoms with Gasteiger partial charge in [0.2, 0.25) is 0 Å². The fourth-order valence-electron chi connectivity index (χ4n) is 2.06. The molecular weight excluding hydrogens is 262 g/mol. The van der Waals surface area contributed by atoms with Gasteiger partial charge in [0.1, 0.15) is 0 Å². The Morgan fingerprint density at radius 2 is 1.78 bits per heavy atom. The Morgan fingerprint density at radius 3 is 2.39 bits per heavy atom. The molecule has 1 aromatic heterocycles. The third-order valence-corrected chi connectivity index (χ3v) is 4.67. The standard InChI is InChI=1S/C15H26ClNS/c1-3-4-5-6-7-8-9-12-17-13(2)14-10-11-15(16)18-14/h10-11,13,17H,3-9,12H2,1-2H3. The largest absolute Gasteiger partial charge is 0.309 e. The zero-order chi connectivity index (χ0) is 13.2. The summed E-state index contributed by atoms with van der Waals surface area (Å²) in [5.74, 6) is 0. The maximum Gasteiger partial charge on any atom is 0.0931 e. The van der Waals surface area contributed by atoms with Gasteiger partial charge in [0.25, 0.3) is 0 Å². The van der Waals surface area contributed by atoms with Crippen LogP contribution in [-0.4, -0.2) is 6.54 Å². The Balaban J connectivity index is 1.97. The van der Waals surface area contributed by atoms with Crippen LogP contribution in [0.1, 0.15) is 69.7 Å². The van der Waals surface area contributed by atoms with E-state index in [1.54, 1.807) is 11.3 Å². The van der Waals surface area contributed by atoms with Crippen molar-refractivity contribution in [2.45, 2.75) is 64.8 Å². The van der Waals surface area contributed by atoms with Crippen molar-refractivity contribution < 1.29 is 0 Å². The molecule has 1 rings (SSSR count). The first-order chi connectivity index (χ1) is 8.74. The van der Waals surface area contributed by atoms with Crippen LogP contribution in [0, 0.1) is 0 Å². The van der Waals surface area contributed by atoms with Crippen molar-refractivity contribution in [1.29, 1.82) is 0 Å². The Bertz CT molecular complexity index is 311. The van der Waals surface area contributed by atoms with Gasteiger partial charge in [-0.1, -0.05) is 57.0 Å². The van der Waals surface area contributed by atoms with Crippen molar-refractivity contribution in [1.82, 2.24) is 5.32 Å². The number of halogens is 1. The van der Waals surface area contributed by atoms with E-state index >= 15 is 0 Å². The summed E-state index contributed by atoms with van der Waals surface area (Å²) in [6.45, 7) is 5.59. The summed E-state index contributed by atoms with van der Waals surface area (Å²) >= 11 is 7.62. The van der Waals surface area contributed by atoms with E-state index in [9.17, 15) is 0 Å². The molecule has 18 heavy (non-hydrogen) atoms. The second-order valence-electron chi connectivity index (χ2n) is 4.94. The van der Waals surface area contributed by atoms with Gasteiger partial charge in [0.05, 0.1) is 4.34 Å². The monoisotopic (exact) mass is 287 g/mol. The summed E-state index contributed by atoms with van der Waals surface area (Å²) in [5, 5.41) is 3.57. The molecule has 0 spiro atoms. The average molecular weight is 288 g/mol. The first-order valence-corrected chi connectivity index (χ1v) is 8.42. The summed E-state index contributed by atoms with van der Waals surface area (Å²) in [6.07, 6.45) is 9.58. The summed E-state index contributed by atoms with van der Waals surface area (Å²) in [6, 6.07) is 4.53. The lowest BCUT2D eigenvalue weighted by Crippen LogP contribution is -2.18. The van der Waals surface area contributed by atoms with Crippen LogP contribution >= 0.6 is 22.9 Å². The second-order valence-corrected chi connectivity index (χ2v) is 6.69. The lowest BCUT2D eigenvalue weighted by molar-refractivity contribution is 0.528. The van der Waals surface area contributed by atoms with Crippen molar-refractivity contribution in [2.75, 3.05) is 6.54 Å². The summed E-state index contributed by atoms with van der Waals surface area (Å²) < 4.78 is 0.884. The van der Waals surface area contributed by atoms with Crippen molar-refractivity contribution >= 4 is 22.9 Å². The molecule has 0 radical (unpaired) electrons. The van der Waals surface area contributed by atoms with Crippen LogP contribution in [0.15, 0.2) is 12.1 Å². The van der Waals surface area contributed by atoms with E-state index in [2.05, 4.69) is 25.2 Å². The van der Waals surface area contributed by atoms with Gasteiger partial charge in [0.15, 0.2) is 0 Å². The van der Waals surface area contributed by atoms with Crippen molar-refractivity contribution in [2.24, 2.45) is 0 Å². The van der Waals surface area contributed by atoms with E-state index < -0.39 is 0 Å². The van der Waals surface area contributed by atoms with Crippen LogP contribution in [0.25, 0.3) is 0 Å². The molecule has 0 bridgehead atoms. The molecule has 0 aliphatic rings. The minimum atomic E-state index is 0.433. The number of thiophene rings is 1. The zero-order valence-electron chi connectivity index (χ0n) is 11.7. The van der Waals surface area contributed by atoms with Gasteiger partial charge in [-0.3, -0.25) is 0 Å². The molecular formula is C15H26ClNS. The number of unbranched alkanes of at least 4 members (excludes halogenated alkanes) is 6. The SMILES string of the molecule is CCCCCCCCCNC(C)c1ccc(Cl)s1. The van der Waals surface area contributed by atoms with Crippen LogP contribution in [0.4, 0.5) is 0 Å². The summed E-state index contributed by atoms with van der Waals surface area (Å²) in [5.41, 5.74) is 0. The maximum absolute atomic E-state index is 5.94. The molecule has 0 amide bonds. The first kappa shape index (κ1) is 16.0. The number of hydrogen-bond donors (Lipinski definition) is 1. The molecule has 1 heterocycles. The molecule has 0 saturated carbocycles. The van der Waals surface area contributed by atoms with E-state index in [1.807, 2.05) is 6.07 Å². The smallest absolute Gasteiger partial charge is 0.0931 e. The predicted octanol–water partition coefficient (Wildman–Crippen LogP) is 5.80. The molecule has 0 fully saturated rings. The maximum atomic E-state index is 5.94. The lowest BCUT2D eigenvalue weighted by atomic mass is 10.1. The van der Waals surface area contributed by atoms with Gasteiger partial charge in [0, 0.05) is 10.9 Å². The highest BCUT2D eigenvalue weighted by molar-refractivity contribution is 7.16. The van der Waals surface area contributed by atoms with E-state index in [0.29, 0.717) is 6.04 Å². The zero-order valence-corrected chi connectivity index (χ0v) is 13.2. The Kier molecular flexibility index (Phi) is 8.74. The highest BCUT2D eigenvalue weighted by Crippen LogP contribution is 2.26. The Hall–Kier alpha value is -0.0500. The molecule has 104 valence electrons. The van der Waals surface area contributed by atoms with Crippen molar-refractivity contribution in [3.8, 4) is 0 Å². The molecule has 0 aliphatic carbocycles. The van der Waals surface area contributed by atoms with Crippen LogP contribution in [0.3, 0.4) is 0 Å². The fourth-order valence-corrected chi connectivity index (χ4v) is 3.15. The van der Waals surface area contributed by atoms with Crippen LogP contribution < -0.4 is 5.32 Å². The van der Waals surface area contributed by atoms with Crippen LogP contribution in [0.2, 0.25) is 4.34 Å². The third-order valence-electron chi connectivity index (χ3n) is 3.25. The fraction of sp³-hybridized carbons (Fsp3) is 0.733.